The molecule has 0 aliphatic carbocycles. The van der Waals surface area contributed by atoms with Crippen molar-refractivity contribution >= 4 is 5.97 Å². The van der Waals surface area contributed by atoms with Crippen molar-refractivity contribution in [3.63, 3.8) is 0 Å². The van der Waals surface area contributed by atoms with E-state index in [1.165, 1.54) is 0 Å². The Morgan fingerprint density at radius 1 is 1.40 bits per heavy atom. The summed E-state index contributed by atoms with van der Waals surface area (Å²) in [6.07, 6.45) is 3.36. The minimum Gasteiger partial charge on any atom is -0.465 e. The van der Waals surface area contributed by atoms with Gasteiger partial charge in [-0.25, -0.2) is 0 Å². The standard InChI is InChI=1S/C12H19NO2/c1-6-10(4)11(5)13(7-2)9-12(14)15-8-3/h6-7H,1-2,8-9H2,3-5H3/b11-10-. The third-order valence-electron chi connectivity index (χ3n) is 2.13. The maximum atomic E-state index is 11.3. The second kappa shape index (κ2) is 6.87. The van der Waals surface area contributed by atoms with Crippen molar-refractivity contribution in [1.82, 2.24) is 4.90 Å². The zero-order valence-electron chi connectivity index (χ0n) is 9.75. The number of allylic oxidation sites excluding steroid dienone is 3. The van der Waals surface area contributed by atoms with Gasteiger partial charge < -0.3 is 9.64 Å². The van der Waals surface area contributed by atoms with Gasteiger partial charge in [0.1, 0.15) is 6.54 Å². The number of carbonyl (C=O) groups excluding carboxylic acids is 1. The van der Waals surface area contributed by atoms with Gasteiger partial charge in [-0.3, -0.25) is 4.79 Å². The van der Waals surface area contributed by atoms with Crippen LogP contribution in [-0.2, 0) is 9.53 Å². The predicted octanol–water partition coefficient (Wildman–Crippen LogP) is 2.47. The highest BCUT2D eigenvalue weighted by Crippen LogP contribution is 2.10. The van der Waals surface area contributed by atoms with Crippen molar-refractivity contribution in [2.75, 3.05) is 13.2 Å². The minimum absolute atomic E-state index is 0.189. The van der Waals surface area contributed by atoms with Crippen LogP contribution in [0.4, 0.5) is 0 Å². The van der Waals surface area contributed by atoms with Crippen LogP contribution in [-0.4, -0.2) is 24.0 Å². The van der Waals surface area contributed by atoms with Crippen molar-refractivity contribution in [3.05, 3.63) is 36.7 Å². The molecule has 3 heteroatoms. The molecule has 84 valence electrons. The topological polar surface area (TPSA) is 29.5 Å². The molecule has 0 radical (unpaired) electrons. The zero-order chi connectivity index (χ0) is 11.8. The molecule has 0 aromatic rings. The van der Waals surface area contributed by atoms with Crippen LogP contribution in [0.25, 0.3) is 0 Å². The predicted molar refractivity (Wildman–Crippen MR) is 62.1 cm³/mol. The molecular weight excluding hydrogens is 190 g/mol. The number of carbonyl (C=O) groups is 1. The van der Waals surface area contributed by atoms with Gasteiger partial charge >= 0.3 is 5.97 Å². The van der Waals surface area contributed by atoms with Gasteiger partial charge in [-0.05, 0) is 32.5 Å². The van der Waals surface area contributed by atoms with Crippen molar-refractivity contribution in [2.24, 2.45) is 0 Å². The second-order valence-corrected chi connectivity index (χ2v) is 3.09. The Balaban J connectivity index is 4.57. The molecule has 15 heavy (non-hydrogen) atoms. The van der Waals surface area contributed by atoms with E-state index < -0.39 is 0 Å². The number of rotatable bonds is 6. The molecule has 0 aromatic carbocycles. The van der Waals surface area contributed by atoms with E-state index in [0.29, 0.717) is 6.61 Å². The zero-order valence-corrected chi connectivity index (χ0v) is 9.75. The van der Waals surface area contributed by atoms with Gasteiger partial charge in [0.15, 0.2) is 0 Å². The lowest BCUT2D eigenvalue weighted by Gasteiger charge is -2.20. The number of nitrogens with zero attached hydrogens (tertiary/aromatic N) is 1. The first kappa shape index (κ1) is 13.5. The molecule has 0 spiro atoms. The smallest absolute Gasteiger partial charge is 0.325 e. The number of ether oxygens (including phenoxy) is 1. The van der Waals surface area contributed by atoms with Crippen molar-refractivity contribution in [3.8, 4) is 0 Å². The molecule has 0 aromatic heterocycles. The van der Waals surface area contributed by atoms with E-state index in [-0.39, 0.29) is 12.5 Å². The Bertz CT molecular complexity index is 279. The highest BCUT2D eigenvalue weighted by Gasteiger charge is 2.09. The maximum absolute atomic E-state index is 11.3. The average molecular weight is 209 g/mol. The molecule has 3 nitrogen and oxygen atoms in total. The van der Waals surface area contributed by atoms with Crippen molar-refractivity contribution in [1.29, 1.82) is 0 Å². The molecule has 0 saturated heterocycles. The largest absolute Gasteiger partial charge is 0.465 e. The lowest BCUT2D eigenvalue weighted by Crippen LogP contribution is -2.25. The Morgan fingerprint density at radius 2 is 2.00 bits per heavy atom. The summed E-state index contributed by atoms with van der Waals surface area (Å²) in [5.74, 6) is -0.256. The molecule has 0 aliphatic heterocycles. The minimum atomic E-state index is -0.256. The van der Waals surface area contributed by atoms with Crippen molar-refractivity contribution < 1.29 is 9.53 Å². The molecule has 0 atom stereocenters. The number of hydrogen-bond acceptors (Lipinski definition) is 3. The first-order chi connectivity index (χ1) is 7.06. The lowest BCUT2D eigenvalue weighted by atomic mass is 10.2. The van der Waals surface area contributed by atoms with E-state index in [4.69, 9.17) is 4.74 Å². The third kappa shape index (κ3) is 4.49. The Hall–Kier alpha value is -1.51. The summed E-state index contributed by atoms with van der Waals surface area (Å²) in [5, 5.41) is 0. The summed E-state index contributed by atoms with van der Waals surface area (Å²) in [6.45, 7) is 13.6. The van der Waals surface area contributed by atoms with Crippen LogP contribution in [0, 0.1) is 0 Å². The maximum Gasteiger partial charge on any atom is 0.325 e. The SMILES string of the molecule is C=C/C(C)=C(/C)N(C=C)CC(=O)OCC. The summed E-state index contributed by atoms with van der Waals surface area (Å²) in [7, 11) is 0. The molecule has 0 aliphatic rings. The van der Waals surface area contributed by atoms with Crippen LogP contribution in [0.3, 0.4) is 0 Å². The van der Waals surface area contributed by atoms with E-state index in [9.17, 15) is 4.79 Å². The molecule has 0 rings (SSSR count). The van der Waals surface area contributed by atoms with E-state index in [1.807, 2.05) is 13.8 Å². The molecule has 0 bridgehead atoms. The normalized spacial score (nSPS) is 11.4. The van der Waals surface area contributed by atoms with Gasteiger partial charge in [0.2, 0.25) is 0 Å². The lowest BCUT2D eigenvalue weighted by molar-refractivity contribution is -0.143. The summed E-state index contributed by atoms with van der Waals surface area (Å²) >= 11 is 0. The van der Waals surface area contributed by atoms with Crippen LogP contribution in [0.2, 0.25) is 0 Å². The Kier molecular flexibility index (Phi) is 6.18. The van der Waals surface area contributed by atoms with Gasteiger partial charge in [0.25, 0.3) is 0 Å². The van der Waals surface area contributed by atoms with E-state index in [1.54, 1.807) is 24.1 Å². The fraction of sp³-hybridized carbons (Fsp3) is 0.417. The first-order valence-electron chi connectivity index (χ1n) is 4.91. The summed E-state index contributed by atoms with van der Waals surface area (Å²) in [5.41, 5.74) is 1.97. The summed E-state index contributed by atoms with van der Waals surface area (Å²) in [6, 6.07) is 0. The van der Waals surface area contributed by atoms with E-state index >= 15 is 0 Å². The second-order valence-electron chi connectivity index (χ2n) is 3.09. The average Bonchev–Trinajstić information content (AvgIpc) is 2.24. The fourth-order valence-electron chi connectivity index (χ4n) is 1.04. The van der Waals surface area contributed by atoms with Crippen LogP contribution in [0.15, 0.2) is 36.7 Å². The molecule has 0 heterocycles. The van der Waals surface area contributed by atoms with Crippen LogP contribution in [0.1, 0.15) is 20.8 Å². The highest BCUT2D eigenvalue weighted by molar-refractivity contribution is 5.72. The molecule has 0 amide bonds. The van der Waals surface area contributed by atoms with Crippen LogP contribution < -0.4 is 0 Å². The monoisotopic (exact) mass is 209 g/mol. The first-order valence-corrected chi connectivity index (χ1v) is 4.91. The highest BCUT2D eigenvalue weighted by atomic mass is 16.5. The summed E-state index contributed by atoms with van der Waals surface area (Å²) < 4.78 is 4.86. The molecule has 0 unspecified atom stereocenters. The van der Waals surface area contributed by atoms with Gasteiger partial charge in [0, 0.05) is 5.70 Å². The summed E-state index contributed by atoms with van der Waals surface area (Å²) in [4.78, 5) is 13.0. The third-order valence-corrected chi connectivity index (χ3v) is 2.13. The molecular formula is C12H19NO2. The van der Waals surface area contributed by atoms with E-state index in [2.05, 4.69) is 13.2 Å². The van der Waals surface area contributed by atoms with Crippen LogP contribution >= 0.6 is 0 Å². The van der Waals surface area contributed by atoms with Gasteiger partial charge in [-0.15, -0.1) is 0 Å². The Labute approximate surface area is 91.7 Å². The molecule has 0 saturated carbocycles. The van der Waals surface area contributed by atoms with Crippen molar-refractivity contribution in [2.45, 2.75) is 20.8 Å². The molecule has 0 fully saturated rings. The Morgan fingerprint density at radius 3 is 2.40 bits per heavy atom. The number of hydrogen-bond donors (Lipinski definition) is 0. The quantitative estimate of drug-likeness (QED) is 0.497. The number of esters is 1. The van der Waals surface area contributed by atoms with Gasteiger partial charge in [0.05, 0.1) is 6.61 Å². The van der Waals surface area contributed by atoms with Gasteiger partial charge in [-0.1, -0.05) is 19.2 Å². The van der Waals surface area contributed by atoms with Crippen LogP contribution in [0.5, 0.6) is 0 Å². The van der Waals surface area contributed by atoms with E-state index in [0.717, 1.165) is 11.3 Å². The van der Waals surface area contributed by atoms with Gasteiger partial charge in [-0.2, -0.15) is 0 Å². The fourth-order valence-corrected chi connectivity index (χ4v) is 1.04. The molecule has 0 N–H and O–H groups in total.